The van der Waals surface area contributed by atoms with Gasteiger partial charge in [-0.3, -0.25) is 5.10 Å². The second kappa shape index (κ2) is 4.94. The van der Waals surface area contributed by atoms with Crippen molar-refractivity contribution in [1.82, 2.24) is 15.2 Å². The Morgan fingerprint density at radius 2 is 2.26 bits per heavy atom. The summed E-state index contributed by atoms with van der Waals surface area (Å²) in [6.07, 6.45) is 1.000. The highest BCUT2D eigenvalue weighted by Gasteiger charge is 2.22. The second-order valence-corrected chi connectivity index (χ2v) is 5.91. The number of halogens is 1. The van der Waals surface area contributed by atoms with Gasteiger partial charge in [0.25, 0.3) is 0 Å². The van der Waals surface area contributed by atoms with E-state index in [2.05, 4.69) is 55.1 Å². The molecule has 1 atom stereocenters. The van der Waals surface area contributed by atoms with Gasteiger partial charge in [-0.25, -0.2) is 0 Å². The third kappa shape index (κ3) is 2.64. The number of nitrogens with one attached hydrogen (secondary N) is 1. The Balaban J connectivity index is 1.88. The van der Waals surface area contributed by atoms with Crippen LogP contribution in [0.3, 0.4) is 0 Å². The number of aryl methyl sites for hydroxylation is 1. The number of H-pyrrole nitrogens is 1. The molecule has 2 aromatic rings. The van der Waals surface area contributed by atoms with Crippen molar-refractivity contribution in [3.63, 3.8) is 0 Å². The molecule has 0 amide bonds. The Kier molecular flexibility index (Phi) is 3.28. The lowest BCUT2D eigenvalue weighted by Crippen LogP contribution is -2.26. The summed E-state index contributed by atoms with van der Waals surface area (Å²) in [5.41, 5.74) is 8.13. The molecule has 6 heteroatoms. The predicted octanol–water partition coefficient (Wildman–Crippen LogP) is 2.08. The Hall–Kier alpha value is -1.40. The van der Waals surface area contributed by atoms with E-state index >= 15 is 0 Å². The second-order valence-electron chi connectivity index (χ2n) is 5.00. The summed E-state index contributed by atoms with van der Waals surface area (Å²) in [7, 11) is 0. The highest BCUT2D eigenvalue weighted by molar-refractivity contribution is 9.10. The molecule has 19 heavy (non-hydrogen) atoms. The van der Waals surface area contributed by atoms with E-state index < -0.39 is 0 Å². The van der Waals surface area contributed by atoms with Gasteiger partial charge in [0.05, 0.1) is 0 Å². The van der Waals surface area contributed by atoms with Crippen LogP contribution in [0.15, 0.2) is 22.7 Å². The fourth-order valence-corrected chi connectivity index (χ4v) is 2.97. The van der Waals surface area contributed by atoms with Crippen molar-refractivity contribution in [1.29, 1.82) is 0 Å². The number of hydrogen-bond donors (Lipinski definition) is 2. The van der Waals surface area contributed by atoms with Crippen molar-refractivity contribution in [2.24, 2.45) is 5.73 Å². The third-order valence-corrected chi connectivity index (χ3v) is 3.75. The molecule has 2 heterocycles. The smallest absolute Gasteiger partial charge is 0.245 e. The zero-order valence-corrected chi connectivity index (χ0v) is 12.3. The average Bonchev–Trinajstić information content (AvgIpc) is 2.95. The lowest BCUT2D eigenvalue weighted by atomic mass is 10.1. The maximum atomic E-state index is 5.91. The molecule has 1 unspecified atom stereocenters. The molecule has 1 saturated heterocycles. The molecule has 1 aliphatic heterocycles. The number of hydrogen-bond acceptors (Lipinski definition) is 4. The number of aromatic amines is 1. The standard InChI is InChI=1S/C13H16BrN5/c1-8-4-9(6-10(14)5-8)12-16-13(18-17-12)19-3-2-11(15)7-19/h4-6,11H,2-3,7,15H2,1H3,(H,16,17,18). The number of nitrogens with two attached hydrogens (primary N) is 1. The van der Waals surface area contributed by atoms with Gasteiger partial charge < -0.3 is 10.6 Å². The number of anilines is 1. The summed E-state index contributed by atoms with van der Waals surface area (Å²) in [6.45, 7) is 3.82. The van der Waals surface area contributed by atoms with Crippen LogP contribution in [0.1, 0.15) is 12.0 Å². The maximum absolute atomic E-state index is 5.91. The van der Waals surface area contributed by atoms with E-state index in [-0.39, 0.29) is 6.04 Å². The first-order chi connectivity index (χ1) is 9.11. The summed E-state index contributed by atoms with van der Waals surface area (Å²) < 4.78 is 1.05. The van der Waals surface area contributed by atoms with Gasteiger partial charge in [-0.15, -0.1) is 5.10 Å². The molecular weight excluding hydrogens is 306 g/mol. The predicted molar refractivity (Wildman–Crippen MR) is 79.1 cm³/mol. The van der Waals surface area contributed by atoms with Crippen LogP contribution in [-0.4, -0.2) is 34.3 Å². The number of aromatic nitrogens is 3. The molecule has 3 rings (SSSR count). The van der Waals surface area contributed by atoms with Gasteiger partial charge in [0.2, 0.25) is 5.95 Å². The molecular formula is C13H16BrN5. The van der Waals surface area contributed by atoms with Gasteiger partial charge in [0, 0.05) is 29.2 Å². The van der Waals surface area contributed by atoms with Crippen LogP contribution < -0.4 is 10.6 Å². The number of benzene rings is 1. The summed E-state index contributed by atoms with van der Waals surface area (Å²) in [5, 5.41) is 7.29. The van der Waals surface area contributed by atoms with Crippen LogP contribution in [-0.2, 0) is 0 Å². The van der Waals surface area contributed by atoms with Gasteiger partial charge in [-0.05, 0) is 37.1 Å². The summed E-state index contributed by atoms with van der Waals surface area (Å²) in [5.74, 6) is 1.53. The first-order valence-electron chi connectivity index (χ1n) is 6.32. The van der Waals surface area contributed by atoms with E-state index in [0.29, 0.717) is 0 Å². The first-order valence-corrected chi connectivity index (χ1v) is 7.11. The van der Waals surface area contributed by atoms with Gasteiger partial charge in [0.15, 0.2) is 5.82 Å². The van der Waals surface area contributed by atoms with Crippen LogP contribution in [0.25, 0.3) is 11.4 Å². The zero-order valence-electron chi connectivity index (χ0n) is 10.7. The molecule has 1 aromatic heterocycles. The SMILES string of the molecule is Cc1cc(Br)cc(-c2nc(N3CCC(N)C3)n[nH]2)c1. The molecule has 1 aromatic carbocycles. The normalized spacial score (nSPS) is 19.1. The van der Waals surface area contributed by atoms with Crippen LogP contribution >= 0.6 is 15.9 Å². The highest BCUT2D eigenvalue weighted by atomic mass is 79.9. The highest BCUT2D eigenvalue weighted by Crippen LogP contribution is 2.24. The largest absolute Gasteiger partial charge is 0.338 e. The fourth-order valence-electron chi connectivity index (χ4n) is 2.37. The minimum atomic E-state index is 0.232. The molecule has 0 bridgehead atoms. The lowest BCUT2D eigenvalue weighted by Gasteiger charge is -2.11. The van der Waals surface area contributed by atoms with Crippen molar-refractivity contribution in [2.75, 3.05) is 18.0 Å². The van der Waals surface area contributed by atoms with Crippen molar-refractivity contribution in [3.8, 4) is 11.4 Å². The molecule has 100 valence electrons. The Morgan fingerprint density at radius 3 is 2.95 bits per heavy atom. The molecule has 1 aliphatic rings. The van der Waals surface area contributed by atoms with Crippen LogP contribution in [0, 0.1) is 6.92 Å². The molecule has 0 saturated carbocycles. The lowest BCUT2D eigenvalue weighted by molar-refractivity contribution is 0.750. The molecule has 0 spiro atoms. The van der Waals surface area contributed by atoms with E-state index in [1.165, 1.54) is 5.56 Å². The van der Waals surface area contributed by atoms with Gasteiger partial charge >= 0.3 is 0 Å². The summed E-state index contributed by atoms with van der Waals surface area (Å²) >= 11 is 3.50. The van der Waals surface area contributed by atoms with Crippen LogP contribution in [0.5, 0.6) is 0 Å². The van der Waals surface area contributed by atoms with Crippen LogP contribution in [0.2, 0.25) is 0 Å². The maximum Gasteiger partial charge on any atom is 0.245 e. The average molecular weight is 322 g/mol. The van der Waals surface area contributed by atoms with E-state index in [4.69, 9.17) is 5.73 Å². The Labute approximate surface area is 120 Å². The molecule has 1 fully saturated rings. The van der Waals surface area contributed by atoms with E-state index in [1.54, 1.807) is 0 Å². The molecule has 5 nitrogen and oxygen atoms in total. The van der Waals surface area contributed by atoms with Gasteiger partial charge in [0.1, 0.15) is 0 Å². The van der Waals surface area contributed by atoms with Gasteiger partial charge in [-0.1, -0.05) is 15.9 Å². The van der Waals surface area contributed by atoms with Crippen molar-refractivity contribution in [3.05, 3.63) is 28.2 Å². The van der Waals surface area contributed by atoms with Crippen molar-refractivity contribution >= 4 is 21.9 Å². The van der Waals surface area contributed by atoms with E-state index in [9.17, 15) is 0 Å². The van der Waals surface area contributed by atoms with E-state index in [1.807, 2.05) is 6.07 Å². The summed E-state index contributed by atoms with van der Waals surface area (Å²) in [4.78, 5) is 6.68. The minimum absolute atomic E-state index is 0.232. The Morgan fingerprint density at radius 1 is 1.42 bits per heavy atom. The zero-order chi connectivity index (χ0) is 13.4. The topological polar surface area (TPSA) is 70.8 Å². The van der Waals surface area contributed by atoms with Crippen LogP contribution in [0.4, 0.5) is 5.95 Å². The minimum Gasteiger partial charge on any atom is -0.338 e. The molecule has 0 aliphatic carbocycles. The first kappa shape index (κ1) is 12.6. The van der Waals surface area contributed by atoms with Crippen molar-refractivity contribution < 1.29 is 0 Å². The summed E-state index contributed by atoms with van der Waals surface area (Å²) in [6, 6.07) is 6.42. The molecule has 0 radical (unpaired) electrons. The third-order valence-electron chi connectivity index (χ3n) is 3.30. The van der Waals surface area contributed by atoms with Crippen molar-refractivity contribution in [2.45, 2.75) is 19.4 Å². The van der Waals surface area contributed by atoms with E-state index in [0.717, 1.165) is 41.3 Å². The monoisotopic (exact) mass is 321 g/mol. The fraction of sp³-hybridized carbons (Fsp3) is 0.385. The van der Waals surface area contributed by atoms with Gasteiger partial charge in [-0.2, -0.15) is 4.98 Å². The molecule has 3 N–H and O–H groups in total. The Bertz CT molecular complexity index is 574. The number of rotatable bonds is 2. The quantitative estimate of drug-likeness (QED) is 0.888. The number of nitrogens with zero attached hydrogens (tertiary/aromatic N) is 3.